The van der Waals surface area contributed by atoms with Gasteiger partial charge >= 0.3 is 12.0 Å². The minimum Gasteiger partial charge on any atom is -0.480 e. The lowest BCUT2D eigenvalue weighted by molar-refractivity contribution is -0.141. The second kappa shape index (κ2) is 5.52. The number of nitrogens with zero attached hydrogens (tertiary/aromatic N) is 3. The molecule has 1 aromatic rings. The third-order valence-electron chi connectivity index (χ3n) is 2.74. The second-order valence-electron chi connectivity index (χ2n) is 4.07. The van der Waals surface area contributed by atoms with Gasteiger partial charge in [0.15, 0.2) is 0 Å². The van der Waals surface area contributed by atoms with E-state index in [0.29, 0.717) is 12.1 Å². The van der Waals surface area contributed by atoms with Crippen molar-refractivity contribution in [3.8, 4) is 0 Å². The number of anilines is 1. The van der Waals surface area contributed by atoms with E-state index in [0.717, 1.165) is 10.6 Å². The van der Waals surface area contributed by atoms with Crippen molar-refractivity contribution in [1.29, 1.82) is 0 Å². The standard InChI is InChI=1S/C11H18N4O3/c1-5-8-9(6-14(3)13-8)12-11(18)15(4)7(2)10(16)17/h6-7H,5H2,1-4H3,(H,12,18)(H,16,17). The maximum Gasteiger partial charge on any atom is 0.326 e. The van der Waals surface area contributed by atoms with Crippen LogP contribution in [0.15, 0.2) is 6.20 Å². The van der Waals surface area contributed by atoms with Crippen molar-refractivity contribution in [2.75, 3.05) is 12.4 Å². The van der Waals surface area contributed by atoms with Crippen LogP contribution >= 0.6 is 0 Å². The summed E-state index contributed by atoms with van der Waals surface area (Å²) in [7, 11) is 3.20. The highest BCUT2D eigenvalue weighted by Gasteiger charge is 2.22. The van der Waals surface area contributed by atoms with Gasteiger partial charge in [-0.05, 0) is 13.3 Å². The molecule has 0 aliphatic heterocycles. The summed E-state index contributed by atoms with van der Waals surface area (Å²) < 4.78 is 1.61. The lowest BCUT2D eigenvalue weighted by atomic mass is 10.3. The molecule has 0 radical (unpaired) electrons. The first-order valence-corrected chi connectivity index (χ1v) is 5.66. The average molecular weight is 254 g/mol. The molecule has 1 aromatic heterocycles. The largest absolute Gasteiger partial charge is 0.480 e. The molecule has 0 aliphatic carbocycles. The Hall–Kier alpha value is -2.05. The van der Waals surface area contributed by atoms with Crippen LogP contribution in [0.3, 0.4) is 0 Å². The van der Waals surface area contributed by atoms with E-state index in [9.17, 15) is 9.59 Å². The molecule has 2 amide bonds. The van der Waals surface area contributed by atoms with Crippen LogP contribution in [0, 0.1) is 0 Å². The van der Waals surface area contributed by atoms with E-state index in [1.807, 2.05) is 6.92 Å². The van der Waals surface area contributed by atoms with Gasteiger partial charge in [-0.25, -0.2) is 9.59 Å². The lowest BCUT2D eigenvalue weighted by Crippen LogP contribution is -2.42. The number of carbonyl (C=O) groups is 2. The molecule has 1 rings (SSSR count). The number of amides is 2. The molecule has 0 fully saturated rings. The van der Waals surface area contributed by atoms with Gasteiger partial charge in [-0.2, -0.15) is 5.10 Å². The van der Waals surface area contributed by atoms with Crippen LogP contribution in [-0.2, 0) is 18.3 Å². The van der Waals surface area contributed by atoms with E-state index >= 15 is 0 Å². The molecule has 2 N–H and O–H groups in total. The number of urea groups is 1. The van der Waals surface area contributed by atoms with Crippen molar-refractivity contribution in [2.45, 2.75) is 26.3 Å². The summed E-state index contributed by atoms with van der Waals surface area (Å²) >= 11 is 0. The van der Waals surface area contributed by atoms with Crippen LogP contribution < -0.4 is 5.32 Å². The summed E-state index contributed by atoms with van der Waals surface area (Å²) in [4.78, 5) is 23.8. The molecule has 1 heterocycles. The first-order chi connectivity index (χ1) is 8.36. The molecule has 7 heteroatoms. The Morgan fingerprint density at radius 1 is 1.61 bits per heavy atom. The minimum absolute atomic E-state index is 0.465. The lowest BCUT2D eigenvalue weighted by Gasteiger charge is -2.21. The summed E-state index contributed by atoms with van der Waals surface area (Å²) in [6, 6.07) is -1.35. The third-order valence-corrected chi connectivity index (χ3v) is 2.74. The number of hydrogen-bond donors (Lipinski definition) is 2. The highest BCUT2D eigenvalue weighted by Crippen LogP contribution is 2.14. The molecule has 0 bridgehead atoms. The zero-order valence-electron chi connectivity index (χ0n) is 11.0. The van der Waals surface area contributed by atoms with Crippen LogP contribution in [0.5, 0.6) is 0 Å². The van der Waals surface area contributed by atoms with E-state index < -0.39 is 18.0 Å². The summed E-state index contributed by atoms with van der Waals surface area (Å²) in [6.07, 6.45) is 2.38. The van der Waals surface area contributed by atoms with Crippen molar-refractivity contribution in [3.63, 3.8) is 0 Å². The predicted octanol–water partition coefficient (Wildman–Crippen LogP) is 0.919. The summed E-state index contributed by atoms with van der Waals surface area (Å²) in [5.74, 6) is -1.05. The van der Waals surface area contributed by atoms with E-state index in [2.05, 4.69) is 10.4 Å². The number of nitrogens with one attached hydrogen (secondary N) is 1. The Morgan fingerprint density at radius 2 is 2.22 bits per heavy atom. The topological polar surface area (TPSA) is 87.5 Å². The smallest absolute Gasteiger partial charge is 0.326 e. The second-order valence-corrected chi connectivity index (χ2v) is 4.07. The molecule has 1 atom stereocenters. The third kappa shape index (κ3) is 2.99. The Kier molecular flexibility index (Phi) is 4.30. The van der Waals surface area contributed by atoms with Gasteiger partial charge in [0.1, 0.15) is 6.04 Å². The summed E-state index contributed by atoms with van der Waals surface area (Å²) in [5.41, 5.74) is 1.37. The van der Waals surface area contributed by atoms with Gasteiger partial charge in [-0.15, -0.1) is 0 Å². The zero-order valence-corrected chi connectivity index (χ0v) is 11.0. The minimum atomic E-state index is -1.05. The SMILES string of the molecule is CCc1nn(C)cc1NC(=O)N(C)C(C)C(=O)O. The van der Waals surface area contributed by atoms with Crippen molar-refractivity contribution < 1.29 is 14.7 Å². The van der Waals surface area contributed by atoms with Crippen molar-refractivity contribution in [3.05, 3.63) is 11.9 Å². The maximum absolute atomic E-state index is 11.9. The van der Waals surface area contributed by atoms with Gasteiger partial charge in [0, 0.05) is 20.3 Å². The summed E-state index contributed by atoms with van der Waals surface area (Å²) in [6.45, 7) is 3.38. The van der Waals surface area contributed by atoms with Crippen molar-refractivity contribution in [2.24, 2.45) is 7.05 Å². The number of rotatable bonds is 4. The van der Waals surface area contributed by atoms with Gasteiger partial charge < -0.3 is 15.3 Å². The Morgan fingerprint density at radius 3 is 2.72 bits per heavy atom. The quantitative estimate of drug-likeness (QED) is 0.836. The Labute approximate surface area is 105 Å². The average Bonchev–Trinajstić information content (AvgIpc) is 2.67. The van der Waals surface area contributed by atoms with Gasteiger partial charge in [0.25, 0.3) is 0 Å². The van der Waals surface area contributed by atoms with E-state index in [1.54, 1.807) is 17.9 Å². The molecule has 100 valence electrons. The fourth-order valence-electron chi connectivity index (χ4n) is 1.44. The molecule has 7 nitrogen and oxygen atoms in total. The number of aromatic nitrogens is 2. The van der Waals surface area contributed by atoms with Crippen molar-refractivity contribution >= 4 is 17.7 Å². The normalized spacial score (nSPS) is 12.0. The van der Waals surface area contributed by atoms with E-state index in [4.69, 9.17) is 5.11 Å². The Bertz CT molecular complexity index is 455. The highest BCUT2D eigenvalue weighted by atomic mass is 16.4. The molecular formula is C11H18N4O3. The van der Waals surface area contributed by atoms with Crippen LogP contribution in [0.4, 0.5) is 10.5 Å². The number of carbonyl (C=O) groups excluding carboxylic acids is 1. The fraction of sp³-hybridized carbons (Fsp3) is 0.545. The van der Waals surface area contributed by atoms with E-state index in [1.165, 1.54) is 14.0 Å². The first kappa shape index (κ1) is 14.0. The molecule has 0 saturated carbocycles. The molecule has 0 aromatic carbocycles. The number of aryl methyl sites for hydroxylation is 2. The monoisotopic (exact) mass is 254 g/mol. The molecule has 1 unspecified atom stereocenters. The zero-order chi connectivity index (χ0) is 13.9. The first-order valence-electron chi connectivity index (χ1n) is 5.66. The highest BCUT2D eigenvalue weighted by molar-refractivity contribution is 5.92. The van der Waals surface area contributed by atoms with Gasteiger partial charge in [-0.3, -0.25) is 4.68 Å². The summed E-state index contributed by atoms with van der Waals surface area (Å²) in [5, 5.41) is 15.7. The van der Waals surface area contributed by atoms with Crippen LogP contribution in [0.25, 0.3) is 0 Å². The molecule has 0 spiro atoms. The maximum atomic E-state index is 11.9. The Balaban J connectivity index is 2.78. The van der Waals surface area contributed by atoms with Gasteiger partial charge in [-0.1, -0.05) is 6.92 Å². The number of carboxylic acids is 1. The number of likely N-dealkylation sites (N-methyl/N-ethyl adjacent to an activating group) is 1. The number of aliphatic carboxylic acids is 1. The molecular weight excluding hydrogens is 236 g/mol. The van der Waals surface area contributed by atoms with Crippen LogP contribution in [0.1, 0.15) is 19.5 Å². The van der Waals surface area contributed by atoms with E-state index in [-0.39, 0.29) is 0 Å². The fourth-order valence-corrected chi connectivity index (χ4v) is 1.44. The molecule has 0 aliphatic rings. The number of carboxylic acid groups (broad SMARTS) is 1. The van der Waals surface area contributed by atoms with Gasteiger partial charge in [0.2, 0.25) is 0 Å². The van der Waals surface area contributed by atoms with Crippen LogP contribution in [-0.4, -0.2) is 44.9 Å². The molecule has 0 saturated heterocycles. The predicted molar refractivity (Wildman–Crippen MR) is 66.5 cm³/mol. The van der Waals surface area contributed by atoms with Gasteiger partial charge in [0.05, 0.1) is 11.4 Å². The molecule has 18 heavy (non-hydrogen) atoms. The number of hydrogen-bond acceptors (Lipinski definition) is 3. The van der Waals surface area contributed by atoms with Crippen LogP contribution in [0.2, 0.25) is 0 Å². The van der Waals surface area contributed by atoms with Crippen molar-refractivity contribution in [1.82, 2.24) is 14.7 Å².